The van der Waals surface area contributed by atoms with Crippen molar-refractivity contribution in [1.29, 1.82) is 0 Å². The van der Waals surface area contributed by atoms with Crippen LogP contribution < -0.4 is 10.5 Å². The van der Waals surface area contributed by atoms with Crippen LogP contribution in [0.3, 0.4) is 0 Å². The van der Waals surface area contributed by atoms with Crippen molar-refractivity contribution in [3.05, 3.63) is 29.8 Å². The number of hydrogen-bond acceptors (Lipinski definition) is 3. The molecule has 0 saturated heterocycles. The second kappa shape index (κ2) is 5.87. The second-order valence-electron chi connectivity index (χ2n) is 4.40. The molecule has 1 rings (SSSR count). The van der Waals surface area contributed by atoms with Gasteiger partial charge in [-0.2, -0.15) is 0 Å². The van der Waals surface area contributed by atoms with Gasteiger partial charge in [0, 0.05) is 6.04 Å². The van der Waals surface area contributed by atoms with Crippen molar-refractivity contribution in [2.24, 2.45) is 11.7 Å². The Morgan fingerprint density at radius 3 is 2.56 bits per heavy atom. The summed E-state index contributed by atoms with van der Waals surface area (Å²) in [6, 6.07) is 8.52. The van der Waals surface area contributed by atoms with Gasteiger partial charge in [-0.05, 0) is 44.3 Å². The molecule has 0 saturated carbocycles. The standard InChI is InChI=1S/C13H22N2O/c1-10(9-14)13(15(2)3)11-6-5-7-12(8-11)16-4/h5-8,10,13H,9,14H2,1-4H3. The fraction of sp³-hybridized carbons (Fsp3) is 0.538. The van der Waals surface area contributed by atoms with Crippen LogP contribution in [0.2, 0.25) is 0 Å². The highest BCUT2D eigenvalue weighted by Crippen LogP contribution is 2.28. The molecule has 0 amide bonds. The van der Waals surface area contributed by atoms with E-state index in [1.54, 1.807) is 7.11 Å². The third-order valence-corrected chi connectivity index (χ3v) is 2.90. The van der Waals surface area contributed by atoms with Crippen molar-refractivity contribution in [2.75, 3.05) is 27.7 Å². The van der Waals surface area contributed by atoms with Crippen molar-refractivity contribution >= 4 is 0 Å². The Labute approximate surface area is 98.2 Å². The molecule has 0 heterocycles. The highest BCUT2D eigenvalue weighted by atomic mass is 16.5. The van der Waals surface area contributed by atoms with E-state index in [2.05, 4.69) is 38.1 Å². The SMILES string of the molecule is COc1cccc(C(C(C)CN)N(C)C)c1. The van der Waals surface area contributed by atoms with E-state index in [-0.39, 0.29) is 0 Å². The van der Waals surface area contributed by atoms with E-state index < -0.39 is 0 Å². The van der Waals surface area contributed by atoms with Crippen molar-refractivity contribution in [3.8, 4) is 5.75 Å². The molecule has 0 spiro atoms. The van der Waals surface area contributed by atoms with Gasteiger partial charge >= 0.3 is 0 Å². The zero-order valence-corrected chi connectivity index (χ0v) is 10.6. The molecule has 2 atom stereocenters. The number of ether oxygens (including phenoxy) is 1. The lowest BCUT2D eigenvalue weighted by molar-refractivity contribution is 0.227. The van der Waals surface area contributed by atoms with Gasteiger partial charge in [0.25, 0.3) is 0 Å². The second-order valence-corrected chi connectivity index (χ2v) is 4.40. The number of nitrogens with two attached hydrogens (primary N) is 1. The van der Waals surface area contributed by atoms with Gasteiger partial charge in [-0.15, -0.1) is 0 Å². The fourth-order valence-corrected chi connectivity index (χ4v) is 2.09. The van der Waals surface area contributed by atoms with Gasteiger partial charge in [-0.25, -0.2) is 0 Å². The minimum absolute atomic E-state index is 0.333. The van der Waals surface area contributed by atoms with Crippen LogP contribution in [-0.2, 0) is 0 Å². The quantitative estimate of drug-likeness (QED) is 0.827. The molecule has 16 heavy (non-hydrogen) atoms. The Kier molecular flexibility index (Phi) is 4.77. The molecule has 0 aliphatic heterocycles. The largest absolute Gasteiger partial charge is 0.497 e. The number of hydrogen-bond donors (Lipinski definition) is 1. The predicted molar refractivity (Wildman–Crippen MR) is 67.6 cm³/mol. The summed E-state index contributed by atoms with van der Waals surface area (Å²) in [5.41, 5.74) is 7.01. The molecule has 1 aromatic carbocycles. The van der Waals surface area contributed by atoms with Crippen LogP contribution in [0, 0.1) is 5.92 Å². The molecule has 0 fully saturated rings. The maximum atomic E-state index is 5.76. The lowest BCUT2D eigenvalue weighted by Crippen LogP contribution is -2.30. The molecule has 0 aliphatic rings. The number of nitrogens with zero attached hydrogens (tertiary/aromatic N) is 1. The number of rotatable bonds is 5. The molecule has 0 radical (unpaired) electrons. The van der Waals surface area contributed by atoms with Gasteiger partial charge in [0.15, 0.2) is 0 Å². The highest BCUT2D eigenvalue weighted by Gasteiger charge is 2.20. The summed E-state index contributed by atoms with van der Waals surface area (Å²) in [6.07, 6.45) is 0. The average molecular weight is 222 g/mol. The number of methoxy groups -OCH3 is 1. The first-order valence-corrected chi connectivity index (χ1v) is 5.60. The van der Waals surface area contributed by atoms with E-state index in [1.807, 2.05) is 12.1 Å². The Balaban J connectivity index is 3.00. The predicted octanol–water partition coefficient (Wildman–Crippen LogP) is 1.89. The smallest absolute Gasteiger partial charge is 0.119 e. The summed E-state index contributed by atoms with van der Waals surface area (Å²) in [7, 11) is 5.85. The van der Waals surface area contributed by atoms with E-state index in [9.17, 15) is 0 Å². The lowest BCUT2D eigenvalue weighted by atomic mass is 9.93. The minimum atomic E-state index is 0.333. The molecule has 0 aliphatic carbocycles. The highest BCUT2D eigenvalue weighted by molar-refractivity contribution is 5.30. The number of benzene rings is 1. The lowest BCUT2D eigenvalue weighted by Gasteiger charge is -2.30. The topological polar surface area (TPSA) is 38.5 Å². The Morgan fingerprint density at radius 1 is 1.38 bits per heavy atom. The zero-order valence-electron chi connectivity index (χ0n) is 10.6. The summed E-state index contributed by atoms with van der Waals surface area (Å²) in [6.45, 7) is 2.85. The molecule has 0 bridgehead atoms. The molecule has 90 valence electrons. The van der Waals surface area contributed by atoms with Crippen molar-refractivity contribution in [2.45, 2.75) is 13.0 Å². The Morgan fingerprint density at radius 2 is 2.06 bits per heavy atom. The average Bonchev–Trinajstić information content (AvgIpc) is 2.29. The summed E-state index contributed by atoms with van der Waals surface area (Å²) in [5, 5.41) is 0. The van der Waals surface area contributed by atoms with E-state index in [0.717, 1.165) is 5.75 Å². The van der Waals surface area contributed by atoms with Gasteiger partial charge in [0.05, 0.1) is 7.11 Å². The molecular weight excluding hydrogens is 200 g/mol. The summed E-state index contributed by atoms with van der Waals surface area (Å²) < 4.78 is 5.25. The summed E-state index contributed by atoms with van der Waals surface area (Å²) in [5.74, 6) is 1.32. The van der Waals surface area contributed by atoms with Gasteiger partial charge in [0.1, 0.15) is 5.75 Å². The maximum absolute atomic E-state index is 5.76. The van der Waals surface area contributed by atoms with Crippen molar-refractivity contribution < 1.29 is 4.74 Å². The van der Waals surface area contributed by atoms with Crippen LogP contribution in [0.5, 0.6) is 5.75 Å². The maximum Gasteiger partial charge on any atom is 0.119 e. The van der Waals surface area contributed by atoms with Crippen LogP contribution in [0.4, 0.5) is 0 Å². The molecule has 1 aromatic rings. The van der Waals surface area contributed by atoms with E-state index in [0.29, 0.717) is 18.5 Å². The van der Waals surface area contributed by atoms with E-state index in [1.165, 1.54) is 5.56 Å². The first-order chi connectivity index (χ1) is 7.60. The Hall–Kier alpha value is -1.06. The van der Waals surface area contributed by atoms with Crippen LogP contribution >= 0.6 is 0 Å². The summed E-state index contributed by atoms with van der Waals surface area (Å²) >= 11 is 0. The third kappa shape index (κ3) is 2.97. The van der Waals surface area contributed by atoms with E-state index in [4.69, 9.17) is 10.5 Å². The Bertz CT molecular complexity index is 325. The van der Waals surface area contributed by atoms with Crippen molar-refractivity contribution in [1.82, 2.24) is 4.90 Å². The normalized spacial score (nSPS) is 14.9. The monoisotopic (exact) mass is 222 g/mol. The molecule has 2 unspecified atom stereocenters. The van der Waals surface area contributed by atoms with E-state index >= 15 is 0 Å². The summed E-state index contributed by atoms with van der Waals surface area (Å²) in [4.78, 5) is 2.20. The third-order valence-electron chi connectivity index (χ3n) is 2.90. The molecule has 3 heteroatoms. The minimum Gasteiger partial charge on any atom is -0.497 e. The van der Waals surface area contributed by atoms with Crippen LogP contribution in [0.15, 0.2) is 24.3 Å². The van der Waals surface area contributed by atoms with Crippen LogP contribution in [0.25, 0.3) is 0 Å². The van der Waals surface area contributed by atoms with Gasteiger partial charge in [-0.3, -0.25) is 0 Å². The van der Waals surface area contributed by atoms with Gasteiger partial charge < -0.3 is 15.4 Å². The van der Waals surface area contributed by atoms with Gasteiger partial charge in [-0.1, -0.05) is 19.1 Å². The van der Waals surface area contributed by atoms with Gasteiger partial charge in [0.2, 0.25) is 0 Å². The van der Waals surface area contributed by atoms with Crippen molar-refractivity contribution in [3.63, 3.8) is 0 Å². The zero-order chi connectivity index (χ0) is 12.1. The fourth-order valence-electron chi connectivity index (χ4n) is 2.09. The first kappa shape index (κ1) is 13.0. The molecule has 3 nitrogen and oxygen atoms in total. The first-order valence-electron chi connectivity index (χ1n) is 5.60. The van der Waals surface area contributed by atoms with Crippen LogP contribution in [0.1, 0.15) is 18.5 Å². The van der Waals surface area contributed by atoms with Crippen LogP contribution in [-0.4, -0.2) is 32.6 Å². The molecule has 2 N–H and O–H groups in total. The molecule has 0 aromatic heterocycles. The molecular formula is C13H22N2O.